The quantitative estimate of drug-likeness (QED) is 0.391. The number of thiocarbonyl (C=S) groups is 1. The number of hydrogen-bond acceptors (Lipinski definition) is 3. The highest BCUT2D eigenvalue weighted by molar-refractivity contribution is 7.80. The van der Waals surface area contributed by atoms with Gasteiger partial charge in [0.2, 0.25) is 5.91 Å². The fraction of sp³-hybridized carbons (Fsp3) is 0.0800. The Labute approximate surface area is 187 Å². The first-order valence-corrected chi connectivity index (χ1v) is 10.2. The molecule has 0 unspecified atom stereocenters. The van der Waals surface area contributed by atoms with Gasteiger partial charge in [0.15, 0.2) is 5.11 Å². The molecule has 0 aromatic heterocycles. The Morgan fingerprint density at radius 2 is 1.55 bits per heavy atom. The van der Waals surface area contributed by atoms with Crippen LogP contribution < -0.4 is 16.0 Å². The summed E-state index contributed by atoms with van der Waals surface area (Å²) in [5.74, 6) is -0.636. The van der Waals surface area contributed by atoms with Crippen molar-refractivity contribution in [1.29, 1.82) is 0 Å². The minimum absolute atomic E-state index is 0.106. The SMILES string of the molecule is Cc1ccc(NC(=O)c2ccccc2NC(=S)NC(=O)C=Cc2ccccc2)cc1C. The van der Waals surface area contributed by atoms with Crippen molar-refractivity contribution in [1.82, 2.24) is 5.32 Å². The van der Waals surface area contributed by atoms with Crippen molar-refractivity contribution < 1.29 is 9.59 Å². The van der Waals surface area contributed by atoms with Gasteiger partial charge in [-0.25, -0.2) is 0 Å². The number of rotatable bonds is 5. The number of para-hydroxylation sites is 1. The summed E-state index contributed by atoms with van der Waals surface area (Å²) in [6.07, 6.45) is 3.10. The van der Waals surface area contributed by atoms with Crippen molar-refractivity contribution in [2.45, 2.75) is 13.8 Å². The summed E-state index contributed by atoms with van der Waals surface area (Å²) in [5.41, 5.74) is 4.78. The topological polar surface area (TPSA) is 70.2 Å². The summed E-state index contributed by atoms with van der Waals surface area (Å²) in [5, 5.41) is 8.53. The summed E-state index contributed by atoms with van der Waals surface area (Å²) in [6.45, 7) is 4.01. The molecular weight excluding hydrogens is 406 g/mol. The molecule has 0 saturated carbocycles. The van der Waals surface area contributed by atoms with Crippen LogP contribution in [-0.2, 0) is 4.79 Å². The van der Waals surface area contributed by atoms with E-state index in [0.717, 1.165) is 16.7 Å². The molecule has 3 aromatic carbocycles. The Balaban J connectivity index is 1.64. The van der Waals surface area contributed by atoms with E-state index >= 15 is 0 Å². The Bertz CT molecular complexity index is 1140. The van der Waals surface area contributed by atoms with Gasteiger partial charge in [-0.1, -0.05) is 48.5 Å². The zero-order valence-electron chi connectivity index (χ0n) is 17.3. The largest absolute Gasteiger partial charge is 0.332 e. The second kappa shape index (κ2) is 10.3. The third-order valence-corrected chi connectivity index (χ3v) is 4.85. The zero-order valence-corrected chi connectivity index (χ0v) is 18.1. The average Bonchev–Trinajstić information content (AvgIpc) is 2.76. The van der Waals surface area contributed by atoms with Gasteiger partial charge in [-0.05, 0) is 73.1 Å². The summed E-state index contributed by atoms with van der Waals surface area (Å²) >= 11 is 5.24. The van der Waals surface area contributed by atoms with E-state index < -0.39 is 0 Å². The van der Waals surface area contributed by atoms with Crippen molar-refractivity contribution in [2.24, 2.45) is 0 Å². The van der Waals surface area contributed by atoms with Gasteiger partial charge < -0.3 is 10.6 Å². The third-order valence-electron chi connectivity index (χ3n) is 4.65. The molecule has 3 N–H and O–H groups in total. The van der Waals surface area contributed by atoms with Crippen LogP contribution in [0.4, 0.5) is 11.4 Å². The van der Waals surface area contributed by atoms with Crippen LogP contribution in [0.2, 0.25) is 0 Å². The van der Waals surface area contributed by atoms with Crippen LogP contribution >= 0.6 is 12.2 Å². The van der Waals surface area contributed by atoms with Gasteiger partial charge in [0, 0.05) is 11.8 Å². The molecule has 156 valence electrons. The van der Waals surface area contributed by atoms with Crippen molar-refractivity contribution in [3.8, 4) is 0 Å². The monoisotopic (exact) mass is 429 g/mol. The first-order valence-electron chi connectivity index (χ1n) is 9.75. The average molecular weight is 430 g/mol. The first kappa shape index (κ1) is 21.9. The maximum absolute atomic E-state index is 12.8. The molecule has 5 nitrogen and oxygen atoms in total. The highest BCUT2D eigenvalue weighted by Gasteiger charge is 2.13. The van der Waals surface area contributed by atoms with Gasteiger partial charge >= 0.3 is 0 Å². The zero-order chi connectivity index (χ0) is 22.2. The lowest BCUT2D eigenvalue weighted by atomic mass is 10.1. The molecule has 3 rings (SSSR count). The van der Waals surface area contributed by atoms with E-state index in [-0.39, 0.29) is 16.9 Å². The molecule has 2 amide bonds. The van der Waals surface area contributed by atoms with Crippen LogP contribution in [0.25, 0.3) is 6.08 Å². The smallest absolute Gasteiger partial charge is 0.257 e. The predicted octanol–water partition coefficient (Wildman–Crippen LogP) is 5.08. The first-order chi connectivity index (χ1) is 14.9. The van der Waals surface area contributed by atoms with Crippen molar-refractivity contribution in [3.63, 3.8) is 0 Å². The molecule has 31 heavy (non-hydrogen) atoms. The van der Waals surface area contributed by atoms with Crippen LogP contribution in [-0.4, -0.2) is 16.9 Å². The Morgan fingerprint density at radius 3 is 2.29 bits per heavy atom. The molecular formula is C25H23N3O2S. The summed E-state index contributed by atoms with van der Waals surface area (Å²) in [6, 6.07) is 22.2. The minimum Gasteiger partial charge on any atom is -0.332 e. The number of amides is 2. The number of carbonyl (C=O) groups is 2. The van der Waals surface area contributed by atoms with Gasteiger partial charge in [-0.3, -0.25) is 14.9 Å². The molecule has 0 heterocycles. The van der Waals surface area contributed by atoms with E-state index in [9.17, 15) is 9.59 Å². The molecule has 0 aliphatic heterocycles. The van der Waals surface area contributed by atoms with Crippen LogP contribution in [0.1, 0.15) is 27.0 Å². The van der Waals surface area contributed by atoms with E-state index in [4.69, 9.17) is 12.2 Å². The van der Waals surface area contributed by atoms with Crippen molar-refractivity contribution in [3.05, 3.63) is 101 Å². The molecule has 0 atom stereocenters. The van der Waals surface area contributed by atoms with Gasteiger partial charge in [0.25, 0.3) is 5.91 Å². The maximum Gasteiger partial charge on any atom is 0.257 e. The standard InChI is InChI=1S/C25H23N3O2S/c1-17-12-14-20(16-18(17)2)26-24(30)21-10-6-7-11-22(21)27-25(31)28-23(29)15-13-19-8-4-3-5-9-19/h3-16H,1-2H3,(H,26,30)(H2,27,28,29,31). The summed E-state index contributed by atoms with van der Waals surface area (Å²) in [7, 11) is 0. The number of carbonyl (C=O) groups excluding carboxylic acids is 2. The van der Waals surface area contributed by atoms with E-state index in [2.05, 4.69) is 16.0 Å². The van der Waals surface area contributed by atoms with Crippen molar-refractivity contribution >= 4 is 46.6 Å². The number of hydrogen-bond donors (Lipinski definition) is 3. The number of benzene rings is 3. The molecule has 0 spiro atoms. The molecule has 0 radical (unpaired) electrons. The van der Waals surface area contributed by atoms with Crippen LogP contribution in [0.5, 0.6) is 0 Å². The van der Waals surface area contributed by atoms with Crippen LogP contribution in [0.3, 0.4) is 0 Å². The highest BCUT2D eigenvalue weighted by Crippen LogP contribution is 2.19. The molecule has 0 saturated heterocycles. The predicted molar refractivity (Wildman–Crippen MR) is 130 cm³/mol. The van der Waals surface area contributed by atoms with E-state index in [1.54, 1.807) is 30.3 Å². The molecule has 0 aliphatic rings. The number of anilines is 2. The Kier molecular flexibility index (Phi) is 7.30. The van der Waals surface area contributed by atoms with E-state index in [1.807, 2.05) is 62.4 Å². The van der Waals surface area contributed by atoms with Crippen molar-refractivity contribution in [2.75, 3.05) is 10.6 Å². The fourth-order valence-corrected chi connectivity index (χ4v) is 3.06. The summed E-state index contributed by atoms with van der Waals surface area (Å²) in [4.78, 5) is 24.9. The summed E-state index contributed by atoms with van der Waals surface area (Å²) < 4.78 is 0. The lowest BCUT2D eigenvalue weighted by Crippen LogP contribution is -2.33. The molecule has 3 aromatic rings. The Hall–Kier alpha value is -3.77. The normalized spacial score (nSPS) is 10.5. The fourth-order valence-electron chi connectivity index (χ4n) is 2.85. The third kappa shape index (κ3) is 6.35. The highest BCUT2D eigenvalue weighted by atomic mass is 32.1. The van der Waals surface area contributed by atoms with Crippen LogP contribution in [0.15, 0.2) is 78.9 Å². The van der Waals surface area contributed by atoms with Gasteiger partial charge in [0.1, 0.15) is 0 Å². The van der Waals surface area contributed by atoms with E-state index in [1.165, 1.54) is 6.08 Å². The Morgan fingerprint density at radius 1 is 0.839 bits per heavy atom. The van der Waals surface area contributed by atoms with Gasteiger partial charge in [-0.2, -0.15) is 0 Å². The minimum atomic E-state index is -0.363. The lowest BCUT2D eigenvalue weighted by molar-refractivity contribution is -0.115. The van der Waals surface area contributed by atoms with E-state index in [0.29, 0.717) is 16.9 Å². The number of aryl methyl sites for hydroxylation is 2. The molecule has 0 bridgehead atoms. The second-order valence-electron chi connectivity index (χ2n) is 6.99. The van der Waals surface area contributed by atoms with Crippen LogP contribution in [0, 0.1) is 13.8 Å². The molecule has 0 fully saturated rings. The van der Waals surface area contributed by atoms with Gasteiger partial charge in [0.05, 0.1) is 11.3 Å². The maximum atomic E-state index is 12.8. The van der Waals surface area contributed by atoms with Gasteiger partial charge in [-0.15, -0.1) is 0 Å². The molecule has 0 aliphatic carbocycles. The lowest BCUT2D eigenvalue weighted by Gasteiger charge is -2.13. The number of nitrogens with one attached hydrogen (secondary N) is 3. The molecule has 6 heteroatoms. The second-order valence-corrected chi connectivity index (χ2v) is 7.39.